The molecule has 0 unspecified atom stereocenters. The van der Waals surface area contributed by atoms with Crippen molar-refractivity contribution in [3.05, 3.63) is 89.1 Å². The zero-order chi connectivity index (χ0) is 25.4. The molecule has 0 saturated carbocycles. The normalized spacial score (nSPS) is 14.9. The van der Waals surface area contributed by atoms with Gasteiger partial charge in [-0.3, -0.25) is 14.2 Å². The molecule has 0 spiro atoms. The lowest BCUT2D eigenvalue weighted by molar-refractivity contribution is -0.136. The molecule has 7 nitrogen and oxygen atoms in total. The quantitative estimate of drug-likeness (QED) is 0.421. The highest BCUT2D eigenvalue weighted by atomic mass is 16.5. The van der Waals surface area contributed by atoms with Gasteiger partial charge >= 0.3 is 5.97 Å². The molecule has 7 heteroatoms. The van der Waals surface area contributed by atoms with Crippen molar-refractivity contribution < 1.29 is 24.2 Å². The number of carboxylic acid groups (broad SMARTS) is 1. The van der Waals surface area contributed by atoms with Gasteiger partial charge in [-0.2, -0.15) is 0 Å². The molecule has 4 aromatic rings. The number of anilines is 1. The molecule has 184 valence electrons. The highest BCUT2D eigenvalue weighted by Gasteiger charge is 2.24. The Morgan fingerprint density at radius 3 is 2.58 bits per heavy atom. The molecule has 1 aliphatic rings. The van der Waals surface area contributed by atoms with E-state index in [2.05, 4.69) is 17.9 Å². The van der Waals surface area contributed by atoms with E-state index >= 15 is 0 Å². The van der Waals surface area contributed by atoms with Crippen LogP contribution in [0.25, 0.3) is 10.9 Å². The molecule has 1 atom stereocenters. The average Bonchev–Trinajstić information content (AvgIpc) is 3.19. The molecule has 0 fully saturated rings. The lowest BCUT2D eigenvalue weighted by atomic mass is 10.1. The SMILES string of the molecule is Cc1ccc2c(c1)N(C)C[C@@H](COc1ccc(C(=O)n3c(C)cc4c(CC(=O)O)cccc43)cc1)O2. The molecule has 36 heavy (non-hydrogen) atoms. The van der Waals surface area contributed by atoms with Gasteiger partial charge in [-0.05, 0) is 73.5 Å². The highest BCUT2D eigenvalue weighted by Crippen LogP contribution is 2.33. The highest BCUT2D eigenvalue weighted by molar-refractivity contribution is 6.04. The maximum Gasteiger partial charge on any atom is 0.307 e. The summed E-state index contributed by atoms with van der Waals surface area (Å²) in [6.45, 7) is 5.02. The van der Waals surface area contributed by atoms with E-state index in [1.54, 1.807) is 41.0 Å². The van der Waals surface area contributed by atoms with Gasteiger partial charge in [0.05, 0.1) is 24.2 Å². The van der Waals surface area contributed by atoms with Crippen molar-refractivity contribution in [2.45, 2.75) is 26.4 Å². The number of rotatable bonds is 6. The van der Waals surface area contributed by atoms with E-state index in [4.69, 9.17) is 9.47 Å². The monoisotopic (exact) mass is 484 g/mol. The molecule has 0 saturated heterocycles. The van der Waals surface area contributed by atoms with Crippen molar-refractivity contribution >= 4 is 28.5 Å². The summed E-state index contributed by atoms with van der Waals surface area (Å²) < 4.78 is 13.7. The number of fused-ring (bicyclic) bond motifs is 2. The number of hydrogen-bond acceptors (Lipinski definition) is 5. The van der Waals surface area contributed by atoms with E-state index in [1.165, 1.54) is 5.56 Å². The van der Waals surface area contributed by atoms with Gasteiger partial charge in [0.1, 0.15) is 24.2 Å². The largest absolute Gasteiger partial charge is 0.490 e. The van der Waals surface area contributed by atoms with Crippen molar-refractivity contribution in [2.24, 2.45) is 0 Å². The average molecular weight is 485 g/mol. The fourth-order valence-electron chi connectivity index (χ4n) is 4.76. The maximum atomic E-state index is 13.3. The minimum Gasteiger partial charge on any atom is -0.490 e. The van der Waals surface area contributed by atoms with Crippen LogP contribution in [0.2, 0.25) is 0 Å². The van der Waals surface area contributed by atoms with E-state index in [0.717, 1.165) is 29.1 Å². The molecule has 1 N–H and O–H groups in total. The van der Waals surface area contributed by atoms with Gasteiger partial charge in [0.15, 0.2) is 0 Å². The minimum absolute atomic E-state index is 0.0905. The third kappa shape index (κ3) is 4.52. The Morgan fingerprint density at radius 1 is 1.06 bits per heavy atom. The summed E-state index contributed by atoms with van der Waals surface area (Å²) in [6, 6.07) is 20.5. The number of likely N-dealkylation sites (N-methyl/N-ethyl adjacent to an activating group) is 1. The summed E-state index contributed by atoms with van der Waals surface area (Å²) in [5.41, 5.74) is 4.93. The maximum absolute atomic E-state index is 13.3. The summed E-state index contributed by atoms with van der Waals surface area (Å²) in [5.74, 6) is 0.431. The molecule has 0 amide bonds. The Balaban J connectivity index is 1.29. The van der Waals surface area contributed by atoms with Gasteiger partial charge in [0.2, 0.25) is 0 Å². The van der Waals surface area contributed by atoms with Crippen molar-refractivity contribution in [2.75, 3.05) is 25.1 Å². The van der Waals surface area contributed by atoms with Crippen LogP contribution in [0.3, 0.4) is 0 Å². The summed E-state index contributed by atoms with van der Waals surface area (Å²) in [6.07, 6.45) is -0.201. The Kier molecular flexibility index (Phi) is 6.14. The van der Waals surface area contributed by atoms with Crippen LogP contribution >= 0.6 is 0 Å². The van der Waals surface area contributed by atoms with Crippen LogP contribution in [-0.4, -0.2) is 47.9 Å². The molecular formula is C29H28N2O5. The minimum atomic E-state index is -0.903. The lowest BCUT2D eigenvalue weighted by Crippen LogP contribution is -2.41. The summed E-state index contributed by atoms with van der Waals surface area (Å²) in [4.78, 5) is 26.8. The second-order valence-electron chi connectivity index (χ2n) is 9.27. The molecule has 0 bridgehead atoms. The number of carbonyl (C=O) groups excluding carboxylic acids is 1. The van der Waals surface area contributed by atoms with E-state index in [1.807, 2.05) is 38.2 Å². The number of carboxylic acids is 1. The van der Waals surface area contributed by atoms with Crippen LogP contribution < -0.4 is 14.4 Å². The van der Waals surface area contributed by atoms with Gasteiger partial charge in [-0.1, -0.05) is 18.2 Å². The predicted molar refractivity (Wildman–Crippen MR) is 139 cm³/mol. The van der Waals surface area contributed by atoms with Crippen LogP contribution in [0.5, 0.6) is 11.5 Å². The topological polar surface area (TPSA) is 81.0 Å². The van der Waals surface area contributed by atoms with Crippen molar-refractivity contribution in [1.29, 1.82) is 0 Å². The van der Waals surface area contributed by atoms with Crippen molar-refractivity contribution in [3.63, 3.8) is 0 Å². The Hall–Kier alpha value is -4.26. The smallest absolute Gasteiger partial charge is 0.307 e. The Morgan fingerprint density at radius 2 is 1.83 bits per heavy atom. The molecule has 5 rings (SSSR count). The zero-order valence-corrected chi connectivity index (χ0v) is 20.5. The third-order valence-corrected chi connectivity index (χ3v) is 6.50. The van der Waals surface area contributed by atoms with Crippen LogP contribution in [0.1, 0.15) is 27.2 Å². The van der Waals surface area contributed by atoms with Gasteiger partial charge < -0.3 is 19.5 Å². The number of carbonyl (C=O) groups is 2. The molecule has 3 aromatic carbocycles. The number of benzene rings is 3. The van der Waals surface area contributed by atoms with Crippen molar-refractivity contribution in [1.82, 2.24) is 4.57 Å². The number of hydrogen-bond donors (Lipinski definition) is 1. The summed E-state index contributed by atoms with van der Waals surface area (Å²) in [7, 11) is 2.05. The fourth-order valence-corrected chi connectivity index (χ4v) is 4.76. The number of nitrogens with zero attached hydrogens (tertiary/aromatic N) is 2. The first-order valence-electron chi connectivity index (χ1n) is 11.9. The number of ether oxygens (including phenoxy) is 2. The van der Waals surface area contributed by atoms with E-state index in [0.29, 0.717) is 29.0 Å². The van der Waals surface area contributed by atoms with E-state index < -0.39 is 5.97 Å². The summed E-state index contributed by atoms with van der Waals surface area (Å²) >= 11 is 0. The first-order valence-corrected chi connectivity index (χ1v) is 11.9. The van der Waals surface area contributed by atoms with Crippen molar-refractivity contribution in [3.8, 4) is 11.5 Å². The third-order valence-electron chi connectivity index (χ3n) is 6.50. The van der Waals surface area contributed by atoms with Crippen LogP contribution in [0.4, 0.5) is 5.69 Å². The Bertz CT molecular complexity index is 1450. The zero-order valence-electron chi connectivity index (χ0n) is 20.5. The molecule has 2 heterocycles. The first kappa shape index (κ1) is 23.5. The second-order valence-corrected chi connectivity index (χ2v) is 9.27. The molecule has 1 aliphatic heterocycles. The van der Waals surface area contributed by atoms with E-state index in [-0.39, 0.29) is 18.4 Å². The van der Waals surface area contributed by atoms with Gasteiger partial charge in [-0.25, -0.2) is 0 Å². The Labute approximate surface area is 209 Å². The number of aromatic nitrogens is 1. The van der Waals surface area contributed by atoms with Crippen LogP contribution in [0, 0.1) is 13.8 Å². The lowest BCUT2D eigenvalue weighted by Gasteiger charge is -2.33. The fraction of sp³-hybridized carbons (Fsp3) is 0.241. The molecule has 1 aromatic heterocycles. The summed E-state index contributed by atoms with van der Waals surface area (Å²) in [5, 5.41) is 9.99. The standard InChI is InChI=1S/C29H28N2O5/c1-18-7-12-27-26(13-18)30(3)16-23(36-27)17-35-22-10-8-20(9-11-22)29(34)31-19(2)14-24-21(15-28(32)33)5-4-6-25(24)31/h4-14,23H,15-17H2,1-3H3,(H,32,33)/t23-/m0/s1. The van der Waals surface area contributed by atoms with Crippen LogP contribution in [-0.2, 0) is 11.2 Å². The second kappa shape index (κ2) is 9.41. The molecule has 0 radical (unpaired) electrons. The molecule has 0 aliphatic carbocycles. The first-order chi connectivity index (χ1) is 17.3. The van der Waals surface area contributed by atoms with Gasteiger partial charge in [0, 0.05) is 23.7 Å². The van der Waals surface area contributed by atoms with Crippen LogP contribution in [0.15, 0.2) is 66.7 Å². The van der Waals surface area contributed by atoms with E-state index in [9.17, 15) is 14.7 Å². The number of aliphatic carboxylic acids is 1. The molecular weight excluding hydrogens is 456 g/mol. The predicted octanol–water partition coefficient (Wildman–Crippen LogP) is 4.85. The van der Waals surface area contributed by atoms with Gasteiger partial charge in [0.25, 0.3) is 5.91 Å². The number of aryl methyl sites for hydroxylation is 2. The van der Waals surface area contributed by atoms with Gasteiger partial charge in [-0.15, -0.1) is 0 Å².